The maximum Gasteiger partial charge on any atom is 0.188 e. The van der Waals surface area contributed by atoms with Gasteiger partial charge in [-0.05, 0) is 25.7 Å². The molecule has 19 heavy (non-hydrogen) atoms. The molecule has 0 aromatic carbocycles. The molecule has 0 aliphatic heterocycles. The molecule has 0 spiro atoms. The maximum absolute atomic E-state index is 11.8. The first kappa shape index (κ1) is 14.6. The molecule has 0 aromatic rings. The van der Waals surface area contributed by atoms with E-state index in [1.807, 2.05) is 0 Å². The average Bonchev–Trinajstić information content (AvgIpc) is 2.26. The van der Waals surface area contributed by atoms with E-state index in [4.69, 9.17) is 5.73 Å². The van der Waals surface area contributed by atoms with Gasteiger partial charge in [-0.15, -0.1) is 0 Å². The fourth-order valence-electron chi connectivity index (χ4n) is 2.95. The lowest BCUT2D eigenvalue weighted by atomic mass is 9.84. The van der Waals surface area contributed by atoms with Gasteiger partial charge in [0.25, 0.3) is 0 Å². The highest BCUT2D eigenvalue weighted by Crippen LogP contribution is 2.39. The Morgan fingerprint density at radius 1 is 1.26 bits per heavy atom. The number of rotatable bonds is 4. The summed E-state index contributed by atoms with van der Waals surface area (Å²) in [5, 5.41) is 3.22. The summed E-state index contributed by atoms with van der Waals surface area (Å²) in [7, 11) is -3.05. The van der Waals surface area contributed by atoms with Crippen molar-refractivity contribution in [2.45, 2.75) is 62.2 Å². The molecule has 5 nitrogen and oxygen atoms in total. The standard InChI is InChI=1S/C13H25N3O2S/c1-19(17,18)13(8-5-9-13)10-15-12(14)16-11-6-3-2-4-7-11/h11H,2-10H2,1H3,(H3,14,15,16). The van der Waals surface area contributed by atoms with Crippen molar-refractivity contribution in [1.82, 2.24) is 5.32 Å². The summed E-state index contributed by atoms with van der Waals surface area (Å²) in [6.07, 6.45) is 9.74. The van der Waals surface area contributed by atoms with Gasteiger partial charge in [-0.3, -0.25) is 4.99 Å². The van der Waals surface area contributed by atoms with Gasteiger partial charge in [-0.2, -0.15) is 0 Å². The van der Waals surface area contributed by atoms with E-state index in [9.17, 15) is 8.42 Å². The lowest BCUT2D eigenvalue weighted by molar-refractivity contribution is 0.346. The summed E-state index contributed by atoms with van der Waals surface area (Å²) in [6, 6.07) is 0.410. The smallest absolute Gasteiger partial charge is 0.188 e. The Kier molecular flexibility index (Phi) is 4.38. The summed E-state index contributed by atoms with van der Waals surface area (Å²) in [5.74, 6) is 0.404. The fourth-order valence-corrected chi connectivity index (χ4v) is 4.28. The topological polar surface area (TPSA) is 84.5 Å². The maximum atomic E-state index is 11.8. The number of nitrogens with one attached hydrogen (secondary N) is 1. The van der Waals surface area contributed by atoms with Gasteiger partial charge in [0.2, 0.25) is 0 Å². The Morgan fingerprint density at radius 3 is 2.37 bits per heavy atom. The number of sulfone groups is 1. The normalized spacial score (nSPS) is 24.8. The van der Waals surface area contributed by atoms with E-state index in [2.05, 4.69) is 10.3 Å². The van der Waals surface area contributed by atoms with Crippen molar-refractivity contribution in [1.29, 1.82) is 0 Å². The number of hydrogen-bond donors (Lipinski definition) is 2. The molecule has 2 aliphatic carbocycles. The number of nitrogens with zero attached hydrogens (tertiary/aromatic N) is 1. The second-order valence-electron chi connectivity index (χ2n) is 5.99. The fraction of sp³-hybridized carbons (Fsp3) is 0.923. The molecule has 0 heterocycles. The van der Waals surface area contributed by atoms with E-state index in [0.717, 1.165) is 19.3 Å². The first-order valence-corrected chi connectivity index (χ1v) is 9.08. The van der Waals surface area contributed by atoms with Gasteiger partial charge in [0.15, 0.2) is 15.8 Å². The van der Waals surface area contributed by atoms with E-state index < -0.39 is 14.6 Å². The Morgan fingerprint density at radius 2 is 1.89 bits per heavy atom. The third kappa shape index (κ3) is 3.41. The van der Waals surface area contributed by atoms with E-state index in [0.29, 0.717) is 31.4 Å². The summed E-state index contributed by atoms with van der Waals surface area (Å²) in [4.78, 5) is 4.28. The summed E-state index contributed by atoms with van der Waals surface area (Å²) >= 11 is 0. The SMILES string of the molecule is CS(=O)(=O)C1(CN=C(N)NC2CCCCC2)CCC1. The van der Waals surface area contributed by atoms with Crippen molar-refractivity contribution in [3.05, 3.63) is 0 Å². The molecule has 0 aromatic heterocycles. The van der Waals surface area contributed by atoms with E-state index in [1.54, 1.807) is 0 Å². The van der Waals surface area contributed by atoms with Crippen LogP contribution in [0.4, 0.5) is 0 Å². The molecule has 110 valence electrons. The number of nitrogens with two attached hydrogens (primary N) is 1. The second-order valence-corrected chi connectivity index (χ2v) is 8.40. The quantitative estimate of drug-likeness (QED) is 0.601. The van der Waals surface area contributed by atoms with Crippen LogP contribution in [0, 0.1) is 0 Å². The van der Waals surface area contributed by atoms with Crippen molar-refractivity contribution in [3.8, 4) is 0 Å². The number of guanidine groups is 1. The molecule has 0 radical (unpaired) electrons. The van der Waals surface area contributed by atoms with Crippen molar-refractivity contribution >= 4 is 15.8 Å². The Balaban J connectivity index is 1.90. The van der Waals surface area contributed by atoms with Crippen LogP contribution in [0.5, 0.6) is 0 Å². The van der Waals surface area contributed by atoms with E-state index >= 15 is 0 Å². The van der Waals surface area contributed by atoms with Gasteiger partial charge in [-0.1, -0.05) is 25.7 Å². The summed E-state index contributed by atoms with van der Waals surface area (Å²) < 4.78 is 23.0. The van der Waals surface area contributed by atoms with Crippen LogP contribution in [0.2, 0.25) is 0 Å². The van der Waals surface area contributed by atoms with Gasteiger partial charge >= 0.3 is 0 Å². The lowest BCUT2D eigenvalue weighted by Crippen LogP contribution is -2.49. The summed E-state index contributed by atoms with van der Waals surface area (Å²) in [6.45, 7) is 0.303. The molecule has 0 unspecified atom stereocenters. The minimum absolute atomic E-state index is 0.303. The van der Waals surface area contributed by atoms with Crippen molar-refractivity contribution < 1.29 is 8.42 Å². The zero-order valence-corrected chi connectivity index (χ0v) is 12.5. The van der Waals surface area contributed by atoms with Gasteiger partial charge < -0.3 is 11.1 Å². The number of aliphatic imine (C=N–C) groups is 1. The minimum Gasteiger partial charge on any atom is -0.370 e. The zero-order chi connectivity index (χ0) is 13.9. The van der Waals surface area contributed by atoms with Crippen LogP contribution in [0.15, 0.2) is 4.99 Å². The van der Waals surface area contributed by atoms with Gasteiger partial charge in [-0.25, -0.2) is 8.42 Å². The molecule has 2 aliphatic rings. The first-order chi connectivity index (χ1) is 8.93. The van der Waals surface area contributed by atoms with E-state index in [1.165, 1.54) is 25.5 Å². The summed E-state index contributed by atoms with van der Waals surface area (Å²) in [5.41, 5.74) is 5.88. The van der Waals surface area contributed by atoms with Crippen LogP contribution in [-0.4, -0.2) is 38.0 Å². The highest BCUT2D eigenvalue weighted by Gasteiger charge is 2.46. The monoisotopic (exact) mass is 287 g/mol. The molecular weight excluding hydrogens is 262 g/mol. The Bertz CT molecular complexity index is 435. The molecule has 2 saturated carbocycles. The molecule has 2 fully saturated rings. The van der Waals surface area contributed by atoms with Gasteiger partial charge in [0.05, 0.1) is 11.3 Å². The molecule has 0 bridgehead atoms. The van der Waals surface area contributed by atoms with Crippen LogP contribution in [0.25, 0.3) is 0 Å². The predicted octanol–water partition coefficient (Wildman–Crippen LogP) is 1.19. The molecule has 0 amide bonds. The lowest BCUT2D eigenvalue weighted by Gasteiger charge is -2.38. The predicted molar refractivity (Wildman–Crippen MR) is 77.9 cm³/mol. The zero-order valence-electron chi connectivity index (χ0n) is 11.7. The molecule has 2 rings (SSSR count). The third-order valence-corrected chi connectivity index (χ3v) is 6.66. The highest BCUT2D eigenvalue weighted by molar-refractivity contribution is 7.92. The van der Waals surface area contributed by atoms with Crippen molar-refractivity contribution in [2.24, 2.45) is 10.7 Å². The van der Waals surface area contributed by atoms with Crippen molar-refractivity contribution in [2.75, 3.05) is 12.8 Å². The molecule has 0 saturated heterocycles. The molecule has 6 heteroatoms. The largest absolute Gasteiger partial charge is 0.370 e. The molecule has 3 N–H and O–H groups in total. The second kappa shape index (κ2) is 5.69. The Hall–Kier alpha value is -0.780. The highest BCUT2D eigenvalue weighted by atomic mass is 32.2. The van der Waals surface area contributed by atoms with Gasteiger partial charge in [0, 0.05) is 12.3 Å². The average molecular weight is 287 g/mol. The van der Waals surface area contributed by atoms with Crippen LogP contribution in [0.1, 0.15) is 51.4 Å². The molecule has 0 atom stereocenters. The van der Waals surface area contributed by atoms with Crippen LogP contribution in [0.3, 0.4) is 0 Å². The third-order valence-electron chi connectivity index (χ3n) is 4.55. The van der Waals surface area contributed by atoms with E-state index in [-0.39, 0.29) is 0 Å². The van der Waals surface area contributed by atoms with Crippen LogP contribution in [-0.2, 0) is 9.84 Å². The van der Waals surface area contributed by atoms with Crippen LogP contribution >= 0.6 is 0 Å². The van der Waals surface area contributed by atoms with Crippen molar-refractivity contribution in [3.63, 3.8) is 0 Å². The number of hydrogen-bond acceptors (Lipinski definition) is 3. The minimum atomic E-state index is -3.05. The van der Waals surface area contributed by atoms with Gasteiger partial charge in [0.1, 0.15) is 0 Å². The first-order valence-electron chi connectivity index (χ1n) is 7.19. The Labute approximate surface area is 116 Å². The molecular formula is C13H25N3O2S. The van der Waals surface area contributed by atoms with Crippen LogP contribution < -0.4 is 11.1 Å².